The van der Waals surface area contributed by atoms with Crippen LogP contribution in [0.25, 0.3) is 0 Å². The van der Waals surface area contributed by atoms with E-state index in [1.54, 1.807) is 37.3 Å². The van der Waals surface area contributed by atoms with E-state index in [0.717, 1.165) is 0 Å². The fraction of sp³-hybridized carbons (Fsp3) is 0.133. The maximum Gasteiger partial charge on any atom is 0.341 e. The number of hydrogen-bond donors (Lipinski definition) is 1. The summed E-state index contributed by atoms with van der Waals surface area (Å²) in [6.07, 6.45) is 0. The van der Waals surface area contributed by atoms with Crippen molar-refractivity contribution in [2.24, 2.45) is 0 Å². The zero-order chi connectivity index (χ0) is 14.7. The van der Waals surface area contributed by atoms with Crippen molar-refractivity contribution in [1.29, 1.82) is 5.26 Å². The second-order valence-corrected chi connectivity index (χ2v) is 4.35. The van der Waals surface area contributed by atoms with Gasteiger partial charge in [-0.2, -0.15) is 5.26 Å². The van der Waals surface area contributed by atoms with E-state index >= 15 is 0 Å². The lowest BCUT2D eigenvalue weighted by Crippen LogP contribution is -2.28. The highest BCUT2D eigenvalue weighted by Crippen LogP contribution is 2.10. The Balaban J connectivity index is 2.55. The van der Waals surface area contributed by atoms with Gasteiger partial charge in [0.05, 0.1) is 18.2 Å². The van der Waals surface area contributed by atoms with Gasteiger partial charge in [-0.3, -0.25) is 4.79 Å². The quantitative estimate of drug-likeness (QED) is 0.919. The van der Waals surface area contributed by atoms with Gasteiger partial charge in [-0.15, -0.1) is 0 Å². The first kappa shape index (κ1) is 13.6. The Morgan fingerprint density at radius 1 is 1.30 bits per heavy atom. The minimum absolute atomic E-state index is 0.176. The lowest BCUT2D eigenvalue weighted by Gasteiger charge is -2.11. The van der Waals surface area contributed by atoms with Crippen molar-refractivity contribution in [3.05, 3.63) is 69.1 Å². The summed E-state index contributed by atoms with van der Waals surface area (Å²) >= 11 is 0. The van der Waals surface area contributed by atoms with Crippen molar-refractivity contribution >= 4 is 5.97 Å². The Morgan fingerprint density at radius 2 is 2.00 bits per heavy atom. The van der Waals surface area contributed by atoms with E-state index in [1.807, 2.05) is 0 Å². The zero-order valence-electron chi connectivity index (χ0n) is 10.8. The molecule has 0 amide bonds. The third kappa shape index (κ3) is 2.45. The van der Waals surface area contributed by atoms with Crippen LogP contribution in [0.5, 0.6) is 0 Å². The zero-order valence-corrected chi connectivity index (χ0v) is 10.8. The topological polar surface area (TPSA) is 83.1 Å². The molecule has 1 aromatic heterocycles. The molecule has 5 heteroatoms. The van der Waals surface area contributed by atoms with Gasteiger partial charge in [-0.25, -0.2) is 4.79 Å². The van der Waals surface area contributed by atoms with Crippen molar-refractivity contribution in [2.45, 2.75) is 13.5 Å². The molecule has 0 bridgehead atoms. The van der Waals surface area contributed by atoms with Crippen LogP contribution in [0, 0.1) is 18.3 Å². The fourth-order valence-corrected chi connectivity index (χ4v) is 1.97. The number of aryl methyl sites for hydroxylation is 1. The maximum atomic E-state index is 12.1. The van der Waals surface area contributed by atoms with E-state index in [1.165, 1.54) is 10.6 Å². The van der Waals surface area contributed by atoms with Crippen LogP contribution in [-0.4, -0.2) is 15.6 Å². The van der Waals surface area contributed by atoms with Crippen LogP contribution in [0.2, 0.25) is 0 Å². The number of pyridine rings is 1. The second-order valence-electron chi connectivity index (χ2n) is 4.35. The highest BCUT2D eigenvalue weighted by molar-refractivity contribution is 5.87. The number of carboxylic acids is 1. The molecule has 0 aliphatic carbocycles. The summed E-state index contributed by atoms with van der Waals surface area (Å²) in [6.45, 7) is 1.90. The van der Waals surface area contributed by atoms with Crippen LogP contribution >= 0.6 is 0 Å². The highest BCUT2D eigenvalue weighted by atomic mass is 16.4. The summed E-state index contributed by atoms with van der Waals surface area (Å²) in [4.78, 5) is 23.1. The number of nitrogens with zero attached hydrogens (tertiary/aromatic N) is 2. The van der Waals surface area contributed by atoms with E-state index in [4.69, 9.17) is 10.4 Å². The first-order chi connectivity index (χ1) is 9.54. The minimum Gasteiger partial charge on any atom is -0.477 e. The Bertz CT molecular complexity index is 769. The van der Waals surface area contributed by atoms with Crippen LogP contribution in [0.3, 0.4) is 0 Å². The van der Waals surface area contributed by atoms with Gasteiger partial charge in [0.1, 0.15) is 5.56 Å². The Kier molecular flexibility index (Phi) is 3.67. The lowest BCUT2D eigenvalue weighted by atomic mass is 10.1. The number of hydrogen-bond acceptors (Lipinski definition) is 3. The molecule has 0 unspecified atom stereocenters. The number of rotatable bonds is 3. The standard InChI is InChI=1S/C15H12N2O3/c1-10-6-7-13(15(19)20)14(18)17(10)9-12-5-3-2-4-11(12)8-16/h2-7H,9H2,1H3,(H,19,20). The van der Waals surface area contributed by atoms with Gasteiger partial charge in [-0.1, -0.05) is 18.2 Å². The largest absolute Gasteiger partial charge is 0.477 e. The van der Waals surface area contributed by atoms with Crippen LogP contribution in [-0.2, 0) is 6.54 Å². The molecule has 5 nitrogen and oxygen atoms in total. The summed E-state index contributed by atoms with van der Waals surface area (Å²) in [7, 11) is 0. The van der Waals surface area contributed by atoms with Crippen LogP contribution in [0.15, 0.2) is 41.2 Å². The number of benzene rings is 1. The first-order valence-corrected chi connectivity index (χ1v) is 5.96. The SMILES string of the molecule is Cc1ccc(C(=O)O)c(=O)n1Cc1ccccc1C#N. The molecule has 1 aromatic carbocycles. The minimum atomic E-state index is -1.25. The number of aromatic carboxylic acids is 1. The van der Waals surface area contributed by atoms with E-state index in [2.05, 4.69) is 6.07 Å². The average molecular weight is 268 g/mol. The number of carbonyl (C=O) groups is 1. The smallest absolute Gasteiger partial charge is 0.341 e. The summed E-state index contributed by atoms with van der Waals surface area (Å²) in [5, 5.41) is 18.0. The third-order valence-corrected chi connectivity index (χ3v) is 3.09. The molecule has 0 saturated carbocycles. The molecule has 0 saturated heterocycles. The Hall–Kier alpha value is -2.87. The summed E-state index contributed by atoms with van der Waals surface area (Å²) in [6, 6.07) is 11.9. The van der Waals surface area contributed by atoms with E-state index in [-0.39, 0.29) is 12.1 Å². The first-order valence-electron chi connectivity index (χ1n) is 5.96. The second kappa shape index (κ2) is 5.41. The van der Waals surface area contributed by atoms with Crippen LogP contribution in [0.1, 0.15) is 27.2 Å². The van der Waals surface area contributed by atoms with Gasteiger partial charge in [0, 0.05) is 5.69 Å². The summed E-state index contributed by atoms with van der Waals surface area (Å²) < 4.78 is 1.36. The van der Waals surface area contributed by atoms with Gasteiger partial charge in [0.15, 0.2) is 0 Å². The van der Waals surface area contributed by atoms with Gasteiger partial charge >= 0.3 is 5.97 Å². The normalized spacial score (nSPS) is 10.0. The van der Waals surface area contributed by atoms with E-state index in [9.17, 15) is 9.59 Å². The lowest BCUT2D eigenvalue weighted by molar-refractivity contribution is 0.0694. The molecule has 0 radical (unpaired) electrons. The predicted molar refractivity (Wildman–Crippen MR) is 72.7 cm³/mol. The van der Waals surface area contributed by atoms with Gasteiger partial charge in [0.25, 0.3) is 5.56 Å². The molecule has 100 valence electrons. The molecule has 1 N–H and O–H groups in total. The molecular weight excluding hydrogens is 256 g/mol. The predicted octanol–water partition coefficient (Wildman–Crippen LogP) is 1.77. The Labute approximate surface area is 115 Å². The Morgan fingerprint density at radius 3 is 2.65 bits per heavy atom. The van der Waals surface area contributed by atoms with E-state index < -0.39 is 11.5 Å². The van der Waals surface area contributed by atoms with Crippen molar-refractivity contribution in [3.8, 4) is 6.07 Å². The number of carboxylic acid groups (broad SMARTS) is 1. The van der Waals surface area contributed by atoms with Gasteiger partial charge < -0.3 is 9.67 Å². The summed E-state index contributed by atoms with van der Waals surface area (Å²) in [5.74, 6) is -1.25. The van der Waals surface area contributed by atoms with Crippen molar-refractivity contribution < 1.29 is 9.90 Å². The molecule has 0 fully saturated rings. The molecule has 0 aliphatic heterocycles. The summed E-state index contributed by atoms with van der Waals surface area (Å²) in [5.41, 5.74) is 0.963. The molecule has 0 spiro atoms. The van der Waals surface area contributed by atoms with Crippen molar-refractivity contribution in [1.82, 2.24) is 4.57 Å². The highest BCUT2D eigenvalue weighted by Gasteiger charge is 2.13. The van der Waals surface area contributed by atoms with Crippen LogP contribution in [0.4, 0.5) is 0 Å². The molecule has 2 aromatic rings. The van der Waals surface area contributed by atoms with E-state index in [0.29, 0.717) is 16.8 Å². The molecule has 0 aliphatic rings. The van der Waals surface area contributed by atoms with Crippen molar-refractivity contribution in [2.75, 3.05) is 0 Å². The van der Waals surface area contributed by atoms with Gasteiger partial charge in [0.2, 0.25) is 0 Å². The third-order valence-electron chi connectivity index (χ3n) is 3.09. The monoisotopic (exact) mass is 268 g/mol. The number of aromatic nitrogens is 1. The molecule has 2 rings (SSSR count). The fourth-order valence-electron chi connectivity index (χ4n) is 1.97. The van der Waals surface area contributed by atoms with Crippen molar-refractivity contribution in [3.63, 3.8) is 0 Å². The molecule has 20 heavy (non-hydrogen) atoms. The molecular formula is C15H12N2O3. The maximum absolute atomic E-state index is 12.1. The average Bonchev–Trinajstić information content (AvgIpc) is 2.43. The van der Waals surface area contributed by atoms with Crippen LogP contribution < -0.4 is 5.56 Å². The molecule has 1 heterocycles. The molecule has 0 atom stereocenters. The van der Waals surface area contributed by atoms with Gasteiger partial charge in [-0.05, 0) is 30.7 Å². The number of nitriles is 1.